The van der Waals surface area contributed by atoms with Crippen LogP contribution < -0.4 is 10.2 Å². The Bertz CT molecular complexity index is 1610. The molecule has 40 heavy (non-hydrogen) atoms. The molecule has 1 amide bonds. The molecule has 1 N–H and O–H groups in total. The number of carbonyl (C=O) groups excluding carboxylic acids is 3. The van der Waals surface area contributed by atoms with E-state index < -0.39 is 11.9 Å². The van der Waals surface area contributed by atoms with Gasteiger partial charge >= 0.3 is 5.97 Å². The van der Waals surface area contributed by atoms with E-state index in [1.807, 2.05) is 79.7 Å². The summed E-state index contributed by atoms with van der Waals surface area (Å²) in [6.07, 6.45) is 2.05. The highest BCUT2D eigenvalue weighted by molar-refractivity contribution is 7.21. The van der Waals surface area contributed by atoms with Crippen LogP contribution in [-0.4, -0.2) is 38.4 Å². The van der Waals surface area contributed by atoms with Gasteiger partial charge in [0.25, 0.3) is 5.91 Å². The summed E-state index contributed by atoms with van der Waals surface area (Å²) in [5.74, 6) is -2.28. The lowest BCUT2D eigenvalue weighted by Crippen LogP contribution is -2.34. The maximum Gasteiger partial charge on any atom is 0.317 e. The molecule has 1 aliphatic rings. The number of hydrogen-bond acceptors (Lipinski definition) is 6. The molecule has 0 bridgehead atoms. The molecule has 2 atom stereocenters. The first-order valence-electron chi connectivity index (χ1n) is 13.0. The number of ether oxygens (including phenoxy) is 1. The summed E-state index contributed by atoms with van der Waals surface area (Å²) in [5, 5.41) is 4.22. The second-order valence-electron chi connectivity index (χ2n) is 9.87. The van der Waals surface area contributed by atoms with Crippen molar-refractivity contribution in [3.8, 4) is 0 Å². The van der Waals surface area contributed by atoms with E-state index in [1.165, 1.54) is 11.3 Å². The number of allylic oxidation sites excluding steroid dienone is 2. The summed E-state index contributed by atoms with van der Waals surface area (Å²) in [6, 6.07) is 22.9. The fourth-order valence-electron chi connectivity index (χ4n) is 5.03. The molecule has 204 valence electrons. The minimum absolute atomic E-state index is 0.214. The second-order valence-corrected chi connectivity index (χ2v) is 11.3. The van der Waals surface area contributed by atoms with Crippen molar-refractivity contribution >= 4 is 67.6 Å². The predicted molar refractivity (Wildman–Crippen MR) is 162 cm³/mol. The number of hydrogen-bond donors (Lipinski definition) is 1. The molecule has 8 heteroatoms. The number of nitrogens with one attached hydrogen (secondary N) is 1. The van der Waals surface area contributed by atoms with Crippen molar-refractivity contribution in [2.45, 2.75) is 19.3 Å². The highest BCUT2D eigenvalue weighted by Gasteiger charge is 2.39. The van der Waals surface area contributed by atoms with E-state index in [0.717, 1.165) is 32.5 Å². The Morgan fingerprint density at radius 3 is 2.38 bits per heavy atom. The highest BCUT2D eigenvalue weighted by Crippen LogP contribution is 2.41. The molecule has 0 saturated heterocycles. The number of ketones is 1. The van der Waals surface area contributed by atoms with Crippen LogP contribution in [0.25, 0.3) is 15.7 Å². The van der Waals surface area contributed by atoms with Crippen molar-refractivity contribution in [1.82, 2.24) is 0 Å². The predicted octanol–water partition coefficient (Wildman–Crippen LogP) is 7.19. The summed E-state index contributed by atoms with van der Waals surface area (Å²) < 4.78 is 6.23. The summed E-state index contributed by atoms with van der Waals surface area (Å²) in [5.41, 5.74) is 4.24. The van der Waals surface area contributed by atoms with Crippen molar-refractivity contribution in [3.63, 3.8) is 0 Å². The van der Waals surface area contributed by atoms with Crippen LogP contribution >= 0.6 is 22.9 Å². The van der Waals surface area contributed by atoms with Crippen molar-refractivity contribution in [3.05, 3.63) is 99.9 Å². The van der Waals surface area contributed by atoms with E-state index in [2.05, 4.69) is 5.32 Å². The average molecular weight is 573 g/mol. The van der Waals surface area contributed by atoms with Crippen molar-refractivity contribution in [2.24, 2.45) is 5.92 Å². The molecule has 0 saturated carbocycles. The zero-order valence-corrected chi connectivity index (χ0v) is 24.0. The Morgan fingerprint density at radius 2 is 1.73 bits per heavy atom. The number of halogens is 1. The van der Waals surface area contributed by atoms with Gasteiger partial charge in [0.05, 0.1) is 11.6 Å². The Kier molecular flexibility index (Phi) is 8.05. The summed E-state index contributed by atoms with van der Waals surface area (Å²) >= 11 is 7.83. The number of anilines is 2. The van der Waals surface area contributed by atoms with Crippen LogP contribution in [0.4, 0.5) is 11.4 Å². The molecular weight excluding hydrogens is 544 g/mol. The number of nitrogens with zero attached hydrogens (tertiary/aromatic N) is 1. The number of carbonyl (C=O) groups is 3. The SMILES string of the molecule is CCOC(=O)C1C(=O)C=C(c2ccc(NC(=O)c3sc4ccccc4c3Cl)cc2)CC1c1ccc(N(C)C)cc1. The van der Waals surface area contributed by atoms with Gasteiger partial charge in [-0.1, -0.05) is 54.1 Å². The molecular formula is C32H29ClN2O4S. The summed E-state index contributed by atoms with van der Waals surface area (Å²) in [6.45, 7) is 1.95. The van der Waals surface area contributed by atoms with Gasteiger partial charge in [-0.3, -0.25) is 14.4 Å². The number of thiophene rings is 1. The molecule has 1 aromatic heterocycles. The monoisotopic (exact) mass is 572 g/mol. The van der Waals surface area contributed by atoms with Gasteiger partial charge in [-0.15, -0.1) is 11.3 Å². The van der Waals surface area contributed by atoms with Gasteiger partial charge in [-0.2, -0.15) is 0 Å². The van der Waals surface area contributed by atoms with Crippen LogP contribution in [0, 0.1) is 5.92 Å². The van der Waals surface area contributed by atoms with E-state index in [4.69, 9.17) is 16.3 Å². The lowest BCUT2D eigenvalue weighted by molar-refractivity contribution is -0.151. The molecule has 1 aliphatic carbocycles. The average Bonchev–Trinajstić information content (AvgIpc) is 3.29. The van der Waals surface area contributed by atoms with Gasteiger partial charge < -0.3 is 15.0 Å². The van der Waals surface area contributed by atoms with Gasteiger partial charge in [-0.25, -0.2) is 0 Å². The van der Waals surface area contributed by atoms with Crippen LogP contribution in [-0.2, 0) is 14.3 Å². The van der Waals surface area contributed by atoms with Crippen molar-refractivity contribution in [2.75, 3.05) is 30.9 Å². The Labute approximate surface area is 242 Å². The van der Waals surface area contributed by atoms with Crippen LogP contribution in [0.3, 0.4) is 0 Å². The third-order valence-electron chi connectivity index (χ3n) is 7.10. The minimum Gasteiger partial charge on any atom is -0.465 e. The first kappa shape index (κ1) is 27.6. The molecule has 1 heterocycles. The number of esters is 1. The molecule has 6 nitrogen and oxygen atoms in total. The molecule has 3 aromatic carbocycles. The smallest absolute Gasteiger partial charge is 0.317 e. The Hall–Kier alpha value is -3.94. The number of benzene rings is 3. The van der Waals surface area contributed by atoms with Crippen molar-refractivity contribution in [1.29, 1.82) is 0 Å². The molecule has 4 aromatic rings. The van der Waals surface area contributed by atoms with Gasteiger partial charge in [0.15, 0.2) is 5.78 Å². The fraction of sp³-hybridized carbons (Fsp3) is 0.219. The molecule has 0 fully saturated rings. The third kappa shape index (κ3) is 5.53. The zero-order valence-electron chi connectivity index (χ0n) is 22.4. The highest BCUT2D eigenvalue weighted by atomic mass is 35.5. The molecule has 0 radical (unpaired) electrons. The largest absolute Gasteiger partial charge is 0.465 e. The normalized spacial score (nSPS) is 16.9. The van der Waals surface area contributed by atoms with Gasteiger partial charge in [-0.05, 0) is 66.5 Å². The maximum absolute atomic E-state index is 13.3. The zero-order chi connectivity index (χ0) is 28.4. The maximum atomic E-state index is 13.3. The van der Waals surface area contributed by atoms with E-state index >= 15 is 0 Å². The molecule has 0 spiro atoms. The van der Waals surface area contributed by atoms with E-state index in [0.29, 0.717) is 22.0 Å². The number of fused-ring (bicyclic) bond motifs is 1. The number of rotatable bonds is 7. The molecule has 2 unspecified atom stereocenters. The van der Waals surface area contributed by atoms with Gasteiger partial charge in [0.2, 0.25) is 0 Å². The second kappa shape index (κ2) is 11.7. The minimum atomic E-state index is -0.890. The topological polar surface area (TPSA) is 75.7 Å². The Morgan fingerprint density at radius 1 is 1.02 bits per heavy atom. The van der Waals surface area contributed by atoms with E-state index in [9.17, 15) is 14.4 Å². The van der Waals surface area contributed by atoms with Crippen molar-refractivity contribution < 1.29 is 19.1 Å². The number of amides is 1. The van der Waals surface area contributed by atoms with Gasteiger partial charge in [0.1, 0.15) is 10.8 Å². The van der Waals surface area contributed by atoms with E-state index in [1.54, 1.807) is 25.1 Å². The molecule has 5 rings (SSSR count). The van der Waals surface area contributed by atoms with Gasteiger partial charge in [0, 0.05) is 41.5 Å². The first-order chi connectivity index (χ1) is 19.3. The fourth-order valence-corrected chi connectivity index (χ4v) is 6.44. The third-order valence-corrected chi connectivity index (χ3v) is 8.77. The summed E-state index contributed by atoms with van der Waals surface area (Å²) in [4.78, 5) is 41.5. The Balaban J connectivity index is 1.38. The van der Waals surface area contributed by atoms with Crippen LogP contribution in [0.5, 0.6) is 0 Å². The van der Waals surface area contributed by atoms with Crippen LogP contribution in [0.1, 0.15) is 40.1 Å². The standard InChI is InChI=1S/C32H29ClN2O4S/c1-4-39-32(38)28-25(20-11-15-23(16-12-20)35(2)3)17-21(18-26(28)36)19-9-13-22(14-10-19)34-31(37)30-29(33)24-7-5-6-8-27(24)40-30/h5-16,18,25,28H,4,17H2,1-3H3,(H,34,37). The summed E-state index contributed by atoms with van der Waals surface area (Å²) in [7, 11) is 3.93. The lowest BCUT2D eigenvalue weighted by atomic mass is 9.73. The van der Waals surface area contributed by atoms with Crippen LogP contribution in [0.15, 0.2) is 78.9 Å². The van der Waals surface area contributed by atoms with E-state index in [-0.39, 0.29) is 24.2 Å². The lowest BCUT2D eigenvalue weighted by Gasteiger charge is -2.30. The van der Waals surface area contributed by atoms with Crippen LogP contribution in [0.2, 0.25) is 5.02 Å². The quantitative estimate of drug-likeness (QED) is 0.187. The molecule has 0 aliphatic heterocycles. The first-order valence-corrected chi connectivity index (χ1v) is 14.2.